The Bertz CT molecular complexity index is 456. The number of aryl methyl sites for hydroxylation is 2. The smallest absolute Gasteiger partial charge is 0.242 e. The van der Waals surface area contributed by atoms with Crippen molar-refractivity contribution in [3.63, 3.8) is 0 Å². The third-order valence-corrected chi connectivity index (χ3v) is 4.25. The van der Waals surface area contributed by atoms with Gasteiger partial charge in [0.05, 0.1) is 17.8 Å². The Morgan fingerprint density at radius 3 is 2.75 bits per heavy atom. The van der Waals surface area contributed by atoms with Crippen LogP contribution in [0.15, 0.2) is 4.52 Å². The van der Waals surface area contributed by atoms with E-state index in [0.717, 1.165) is 49.2 Å². The molecule has 1 fully saturated rings. The molecular formula is C15H25N3O2. The first-order chi connectivity index (χ1) is 9.50. The lowest BCUT2D eigenvalue weighted by Crippen LogP contribution is -2.53. The van der Waals surface area contributed by atoms with Crippen LogP contribution in [0.25, 0.3) is 0 Å². The number of hydrogen-bond donors (Lipinski definition) is 1. The van der Waals surface area contributed by atoms with Gasteiger partial charge in [0, 0.05) is 12.6 Å². The minimum absolute atomic E-state index is 0.192. The zero-order valence-electron chi connectivity index (χ0n) is 13.0. The highest BCUT2D eigenvalue weighted by Gasteiger charge is 2.41. The number of carbonyl (C=O) groups excluding carboxylic acids is 1. The second-order valence-corrected chi connectivity index (χ2v) is 5.83. The van der Waals surface area contributed by atoms with Crippen molar-refractivity contribution in [1.82, 2.24) is 15.4 Å². The lowest BCUT2D eigenvalue weighted by molar-refractivity contribution is -0.137. The molecule has 0 spiro atoms. The van der Waals surface area contributed by atoms with E-state index < -0.39 is 0 Å². The summed E-state index contributed by atoms with van der Waals surface area (Å²) in [5.41, 5.74) is 1.53. The van der Waals surface area contributed by atoms with Gasteiger partial charge >= 0.3 is 0 Å². The number of hydrogen-bond acceptors (Lipinski definition) is 4. The predicted octanol–water partition coefficient (Wildman–Crippen LogP) is 2.17. The first-order valence-corrected chi connectivity index (χ1v) is 7.42. The molecule has 1 atom stereocenters. The molecule has 5 heteroatoms. The van der Waals surface area contributed by atoms with Crippen LogP contribution in [-0.4, -0.2) is 35.1 Å². The molecule has 1 unspecified atom stereocenters. The van der Waals surface area contributed by atoms with Gasteiger partial charge in [0.25, 0.3) is 0 Å². The summed E-state index contributed by atoms with van der Waals surface area (Å²) >= 11 is 0. The van der Waals surface area contributed by atoms with Crippen LogP contribution in [0.3, 0.4) is 0 Å². The van der Waals surface area contributed by atoms with Gasteiger partial charge in [-0.15, -0.1) is 0 Å². The number of rotatable bonds is 5. The van der Waals surface area contributed by atoms with Crippen LogP contribution < -0.4 is 5.32 Å². The summed E-state index contributed by atoms with van der Waals surface area (Å²) in [6.07, 6.45) is 3.92. The molecule has 0 bridgehead atoms. The van der Waals surface area contributed by atoms with Crippen molar-refractivity contribution in [3.05, 3.63) is 17.0 Å². The van der Waals surface area contributed by atoms with E-state index >= 15 is 0 Å². The van der Waals surface area contributed by atoms with Crippen LogP contribution in [0, 0.1) is 13.8 Å². The molecule has 5 nitrogen and oxygen atoms in total. The molecule has 2 rings (SSSR count). The largest absolute Gasteiger partial charge is 0.361 e. The van der Waals surface area contributed by atoms with Gasteiger partial charge in [-0.25, -0.2) is 0 Å². The molecule has 112 valence electrons. The molecule has 2 heterocycles. The summed E-state index contributed by atoms with van der Waals surface area (Å²) in [6, 6.07) is 0. The van der Waals surface area contributed by atoms with E-state index in [0.29, 0.717) is 6.54 Å². The lowest BCUT2D eigenvalue weighted by Gasteiger charge is -2.32. The Labute approximate surface area is 120 Å². The van der Waals surface area contributed by atoms with E-state index in [-0.39, 0.29) is 11.4 Å². The summed E-state index contributed by atoms with van der Waals surface area (Å²) in [7, 11) is 1.87. The third kappa shape index (κ3) is 2.73. The fraction of sp³-hybridized carbons (Fsp3) is 0.733. The first-order valence-electron chi connectivity index (χ1n) is 7.42. The average molecular weight is 279 g/mol. The quantitative estimate of drug-likeness (QED) is 0.897. The molecule has 1 saturated heterocycles. The molecule has 1 N–H and O–H groups in total. The lowest BCUT2D eigenvalue weighted by atomic mass is 9.90. The van der Waals surface area contributed by atoms with E-state index in [2.05, 4.69) is 17.4 Å². The highest BCUT2D eigenvalue weighted by Crippen LogP contribution is 2.27. The van der Waals surface area contributed by atoms with Crippen LogP contribution in [0.5, 0.6) is 0 Å². The van der Waals surface area contributed by atoms with Crippen LogP contribution in [0.2, 0.25) is 0 Å². The van der Waals surface area contributed by atoms with Gasteiger partial charge in [-0.3, -0.25) is 4.79 Å². The Morgan fingerprint density at radius 1 is 1.50 bits per heavy atom. The normalized spacial score (nSPS) is 22.2. The Hall–Kier alpha value is -1.36. The van der Waals surface area contributed by atoms with Crippen molar-refractivity contribution in [3.8, 4) is 0 Å². The maximum Gasteiger partial charge on any atom is 0.242 e. The van der Waals surface area contributed by atoms with Crippen molar-refractivity contribution >= 4 is 5.91 Å². The Kier molecular flexibility index (Phi) is 4.48. The minimum atomic E-state index is -0.359. The maximum atomic E-state index is 12.8. The molecule has 1 aromatic heterocycles. The van der Waals surface area contributed by atoms with Crippen molar-refractivity contribution in [2.24, 2.45) is 0 Å². The second kappa shape index (κ2) is 5.95. The molecule has 1 amide bonds. The molecule has 1 aliphatic rings. The average Bonchev–Trinajstić information content (AvgIpc) is 3.01. The van der Waals surface area contributed by atoms with Crippen molar-refractivity contribution in [2.45, 2.75) is 58.5 Å². The minimum Gasteiger partial charge on any atom is -0.361 e. The maximum absolute atomic E-state index is 12.8. The summed E-state index contributed by atoms with van der Waals surface area (Å²) in [5.74, 6) is 0.989. The monoisotopic (exact) mass is 279 g/mol. The molecule has 0 aromatic carbocycles. The number of amides is 1. The topological polar surface area (TPSA) is 58.4 Å². The Morgan fingerprint density at radius 2 is 2.25 bits per heavy atom. The standard InChI is InChI=1S/C15H25N3O2/c1-5-7-15(8-6-9-16-15)14(19)18(4)10-13-11(2)17-20-12(13)3/h16H,5-10H2,1-4H3. The van der Waals surface area contributed by atoms with E-state index in [9.17, 15) is 4.79 Å². The highest BCUT2D eigenvalue weighted by molar-refractivity contribution is 5.86. The van der Waals surface area contributed by atoms with E-state index in [1.165, 1.54) is 0 Å². The summed E-state index contributed by atoms with van der Waals surface area (Å²) in [4.78, 5) is 14.6. The van der Waals surface area contributed by atoms with Crippen LogP contribution in [0.4, 0.5) is 0 Å². The van der Waals surface area contributed by atoms with Crippen LogP contribution >= 0.6 is 0 Å². The fourth-order valence-corrected chi connectivity index (χ4v) is 3.14. The molecule has 20 heavy (non-hydrogen) atoms. The molecule has 0 aliphatic carbocycles. The second-order valence-electron chi connectivity index (χ2n) is 5.83. The van der Waals surface area contributed by atoms with E-state index in [1.54, 1.807) is 4.90 Å². The fourth-order valence-electron chi connectivity index (χ4n) is 3.14. The number of nitrogens with zero attached hydrogens (tertiary/aromatic N) is 2. The number of aromatic nitrogens is 1. The zero-order chi connectivity index (χ0) is 14.8. The van der Waals surface area contributed by atoms with Gasteiger partial charge in [-0.05, 0) is 39.7 Å². The highest BCUT2D eigenvalue weighted by atomic mass is 16.5. The summed E-state index contributed by atoms with van der Waals surface area (Å²) in [6.45, 7) is 7.43. The summed E-state index contributed by atoms with van der Waals surface area (Å²) < 4.78 is 5.17. The molecule has 1 aromatic rings. The number of nitrogens with one attached hydrogen (secondary N) is 1. The van der Waals surface area contributed by atoms with Gasteiger partial charge in [0.2, 0.25) is 5.91 Å². The van der Waals surface area contributed by atoms with Gasteiger partial charge in [-0.1, -0.05) is 18.5 Å². The zero-order valence-corrected chi connectivity index (χ0v) is 13.0. The third-order valence-electron chi connectivity index (χ3n) is 4.25. The van der Waals surface area contributed by atoms with Gasteiger partial charge in [0.1, 0.15) is 5.76 Å². The van der Waals surface area contributed by atoms with Crippen molar-refractivity contribution < 1.29 is 9.32 Å². The molecule has 1 aliphatic heterocycles. The molecule has 0 saturated carbocycles. The van der Waals surface area contributed by atoms with E-state index in [1.807, 2.05) is 20.9 Å². The number of carbonyl (C=O) groups is 1. The van der Waals surface area contributed by atoms with Crippen molar-refractivity contribution in [1.29, 1.82) is 0 Å². The summed E-state index contributed by atoms with van der Waals surface area (Å²) in [5, 5.41) is 7.38. The van der Waals surface area contributed by atoms with Gasteiger partial charge < -0.3 is 14.7 Å². The SMILES string of the molecule is CCCC1(C(=O)N(C)Cc2c(C)noc2C)CCCN1. The van der Waals surface area contributed by atoms with E-state index in [4.69, 9.17) is 4.52 Å². The molecular weight excluding hydrogens is 254 g/mol. The number of likely N-dealkylation sites (N-methyl/N-ethyl adjacent to an activating group) is 1. The van der Waals surface area contributed by atoms with Gasteiger partial charge in [-0.2, -0.15) is 0 Å². The first kappa shape index (κ1) is 15.0. The Balaban J connectivity index is 2.11. The predicted molar refractivity (Wildman–Crippen MR) is 77.3 cm³/mol. The van der Waals surface area contributed by atoms with Gasteiger partial charge in [0.15, 0.2) is 0 Å². The van der Waals surface area contributed by atoms with Crippen LogP contribution in [0.1, 0.15) is 49.6 Å². The molecule has 0 radical (unpaired) electrons. The van der Waals surface area contributed by atoms with Crippen molar-refractivity contribution in [2.75, 3.05) is 13.6 Å². The van der Waals surface area contributed by atoms with Crippen LogP contribution in [-0.2, 0) is 11.3 Å².